The van der Waals surface area contributed by atoms with Gasteiger partial charge in [-0.2, -0.15) is 0 Å². The molecule has 1 aromatic rings. The Bertz CT molecular complexity index is 461. The molecule has 1 aliphatic rings. The fraction of sp³-hybridized carbons (Fsp3) is 0.529. The molecule has 0 fully saturated rings. The first kappa shape index (κ1) is 12.4. The van der Waals surface area contributed by atoms with Gasteiger partial charge in [0, 0.05) is 0 Å². The van der Waals surface area contributed by atoms with Crippen molar-refractivity contribution in [2.45, 2.75) is 58.3 Å². The maximum Gasteiger partial charge on any atom is -0.0100 e. The lowest BCUT2D eigenvalue weighted by atomic mass is 9.62. The molecule has 2 rings (SSSR count). The standard InChI is InChI=1S/C17H23/c1-7-13-11-15-14(10-12(13)2)16(3,4)8-9-17(15,5)6/h1,7,10-11H,8-9H2,2-6H3. The van der Waals surface area contributed by atoms with E-state index in [0.717, 1.165) is 0 Å². The molecule has 0 amide bonds. The highest BCUT2D eigenvalue weighted by Crippen LogP contribution is 2.46. The van der Waals surface area contributed by atoms with Gasteiger partial charge in [-0.15, -0.1) is 0 Å². The molecule has 0 nitrogen and oxygen atoms in total. The SMILES string of the molecule is [CH]=Cc1cc2c(cc1C)C(C)(C)CCC2(C)C. The van der Waals surface area contributed by atoms with Gasteiger partial charge in [-0.3, -0.25) is 0 Å². The minimum absolute atomic E-state index is 0.274. The molecule has 0 spiro atoms. The van der Waals surface area contributed by atoms with Crippen LogP contribution in [0.3, 0.4) is 0 Å². The smallest absolute Gasteiger partial charge is 0.0100 e. The molecule has 1 aromatic carbocycles. The predicted molar refractivity (Wildman–Crippen MR) is 75.2 cm³/mol. The molecule has 0 saturated carbocycles. The van der Waals surface area contributed by atoms with Crippen molar-refractivity contribution < 1.29 is 0 Å². The van der Waals surface area contributed by atoms with Crippen molar-refractivity contribution in [2.24, 2.45) is 0 Å². The van der Waals surface area contributed by atoms with E-state index in [0.29, 0.717) is 5.41 Å². The summed E-state index contributed by atoms with van der Waals surface area (Å²) in [5.41, 5.74) is 6.03. The van der Waals surface area contributed by atoms with Gasteiger partial charge in [0.2, 0.25) is 0 Å². The summed E-state index contributed by atoms with van der Waals surface area (Å²) in [7, 11) is 0. The lowest BCUT2D eigenvalue weighted by molar-refractivity contribution is 0.331. The van der Waals surface area contributed by atoms with E-state index in [2.05, 4.69) is 46.8 Å². The van der Waals surface area contributed by atoms with Crippen LogP contribution in [0.2, 0.25) is 0 Å². The molecule has 0 atom stereocenters. The molecule has 0 unspecified atom stereocenters. The van der Waals surface area contributed by atoms with Crippen molar-refractivity contribution in [1.29, 1.82) is 0 Å². The summed E-state index contributed by atoms with van der Waals surface area (Å²) in [5.74, 6) is 0. The fourth-order valence-corrected chi connectivity index (χ4v) is 2.92. The van der Waals surface area contributed by atoms with Crippen LogP contribution in [0.5, 0.6) is 0 Å². The lowest BCUT2D eigenvalue weighted by Gasteiger charge is -2.42. The van der Waals surface area contributed by atoms with Crippen molar-refractivity contribution in [3.8, 4) is 0 Å². The van der Waals surface area contributed by atoms with E-state index in [4.69, 9.17) is 6.58 Å². The summed E-state index contributed by atoms with van der Waals surface area (Å²) >= 11 is 0. The second-order valence-electron chi connectivity index (χ2n) is 6.69. The van der Waals surface area contributed by atoms with E-state index in [1.165, 1.54) is 35.1 Å². The average Bonchev–Trinajstić information content (AvgIpc) is 2.24. The largest absolute Gasteiger partial charge is 0.0616 e. The fourth-order valence-electron chi connectivity index (χ4n) is 2.92. The minimum atomic E-state index is 0.274. The molecule has 0 bridgehead atoms. The third-order valence-corrected chi connectivity index (χ3v) is 4.42. The summed E-state index contributed by atoms with van der Waals surface area (Å²) in [6.07, 6.45) is 4.24. The van der Waals surface area contributed by atoms with Crippen molar-refractivity contribution in [1.82, 2.24) is 0 Å². The van der Waals surface area contributed by atoms with Crippen LogP contribution in [0.15, 0.2) is 12.1 Å². The summed E-state index contributed by atoms with van der Waals surface area (Å²) in [6.45, 7) is 17.3. The zero-order chi connectivity index (χ0) is 12.8. The molecule has 0 aromatic heterocycles. The second-order valence-corrected chi connectivity index (χ2v) is 6.69. The van der Waals surface area contributed by atoms with E-state index in [-0.39, 0.29) is 5.41 Å². The number of hydrogen-bond acceptors (Lipinski definition) is 0. The van der Waals surface area contributed by atoms with Crippen LogP contribution in [0.25, 0.3) is 6.08 Å². The van der Waals surface area contributed by atoms with E-state index in [1.807, 2.05) is 0 Å². The molecule has 17 heavy (non-hydrogen) atoms. The number of hydrogen-bond donors (Lipinski definition) is 0. The van der Waals surface area contributed by atoms with E-state index >= 15 is 0 Å². The van der Waals surface area contributed by atoms with Crippen LogP contribution >= 0.6 is 0 Å². The zero-order valence-electron chi connectivity index (χ0n) is 11.7. The van der Waals surface area contributed by atoms with Crippen molar-refractivity contribution in [3.63, 3.8) is 0 Å². The first-order valence-corrected chi connectivity index (χ1v) is 6.48. The van der Waals surface area contributed by atoms with Gasteiger partial charge in [0.25, 0.3) is 0 Å². The molecule has 1 radical (unpaired) electrons. The van der Waals surface area contributed by atoms with Gasteiger partial charge in [-0.05, 0) is 52.8 Å². The van der Waals surface area contributed by atoms with Crippen LogP contribution < -0.4 is 0 Å². The Kier molecular flexibility index (Phi) is 2.72. The topological polar surface area (TPSA) is 0 Å². The summed E-state index contributed by atoms with van der Waals surface area (Å²) < 4.78 is 0. The van der Waals surface area contributed by atoms with Gasteiger partial charge in [0.1, 0.15) is 0 Å². The predicted octanol–water partition coefficient (Wildman–Crippen LogP) is 4.79. The lowest BCUT2D eigenvalue weighted by Crippen LogP contribution is -2.34. The molecule has 0 N–H and O–H groups in total. The Morgan fingerprint density at radius 1 is 1.00 bits per heavy atom. The molecule has 1 aliphatic carbocycles. The monoisotopic (exact) mass is 227 g/mol. The van der Waals surface area contributed by atoms with Gasteiger partial charge in [0.05, 0.1) is 0 Å². The third kappa shape index (κ3) is 1.94. The number of benzene rings is 1. The van der Waals surface area contributed by atoms with Gasteiger partial charge in [-0.25, -0.2) is 0 Å². The van der Waals surface area contributed by atoms with Gasteiger partial charge in [-0.1, -0.05) is 52.5 Å². The highest BCUT2D eigenvalue weighted by atomic mass is 14.4. The van der Waals surface area contributed by atoms with Crippen LogP contribution in [-0.2, 0) is 10.8 Å². The maximum atomic E-state index is 5.71. The maximum absolute atomic E-state index is 5.71. The molecule has 0 heterocycles. The molecule has 0 saturated heterocycles. The van der Waals surface area contributed by atoms with E-state index in [1.54, 1.807) is 6.08 Å². The average molecular weight is 227 g/mol. The normalized spacial score (nSPS) is 20.8. The number of rotatable bonds is 1. The first-order valence-electron chi connectivity index (χ1n) is 6.48. The molecular formula is C17H23. The highest BCUT2D eigenvalue weighted by molar-refractivity contribution is 5.57. The van der Waals surface area contributed by atoms with Crippen LogP contribution in [0.4, 0.5) is 0 Å². The van der Waals surface area contributed by atoms with Crippen LogP contribution in [0, 0.1) is 13.5 Å². The summed E-state index contributed by atoms with van der Waals surface area (Å²) in [4.78, 5) is 0. The second kappa shape index (κ2) is 3.73. The van der Waals surface area contributed by atoms with E-state index < -0.39 is 0 Å². The van der Waals surface area contributed by atoms with Crippen molar-refractivity contribution >= 4 is 6.08 Å². The zero-order valence-corrected chi connectivity index (χ0v) is 11.7. The summed E-state index contributed by atoms with van der Waals surface area (Å²) in [6, 6.07) is 4.64. The van der Waals surface area contributed by atoms with Gasteiger partial charge < -0.3 is 0 Å². The minimum Gasteiger partial charge on any atom is -0.0616 e. The molecule has 91 valence electrons. The first-order chi connectivity index (χ1) is 7.78. The Hall–Kier alpha value is -1.04. The van der Waals surface area contributed by atoms with E-state index in [9.17, 15) is 0 Å². The molecule has 0 heteroatoms. The number of aryl methyl sites for hydroxylation is 1. The van der Waals surface area contributed by atoms with Crippen molar-refractivity contribution in [3.05, 3.63) is 41.0 Å². The van der Waals surface area contributed by atoms with Crippen LogP contribution in [0.1, 0.15) is 62.8 Å². The Morgan fingerprint density at radius 3 is 1.94 bits per heavy atom. The quantitative estimate of drug-likeness (QED) is 0.647. The van der Waals surface area contributed by atoms with Gasteiger partial charge >= 0.3 is 0 Å². The number of fused-ring (bicyclic) bond motifs is 1. The Labute approximate surface area is 106 Å². The molecular weight excluding hydrogens is 204 g/mol. The molecule has 0 aliphatic heterocycles. The van der Waals surface area contributed by atoms with Crippen LogP contribution in [-0.4, -0.2) is 0 Å². The third-order valence-electron chi connectivity index (χ3n) is 4.42. The highest BCUT2D eigenvalue weighted by Gasteiger charge is 2.37. The summed E-state index contributed by atoms with van der Waals surface area (Å²) in [5, 5.41) is 0. The van der Waals surface area contributed by atoms with Gasteiger partial charge in [0.15, 0.2) is 0 Å². The van der Waals surface area contributed by atoms with Crippen molar-refractivity contribution in [2.75, 3.05) is 0 Å². The Balaban J connectivity index is 2.72. The Morgan fingerprint density at radius 2 is 1.47 bits per heavy atom.